The monoisotopic (exact) mass is 237 g/mol. The van der Waals surface area contributed by atoms with E-state index in [0.29, 0.717) is 6.54 Å². The van der Waals surface area contributed by atoms with E-state index in [4.69, 9.17) is 5.11 Å². The van der Waals surface area contributed by atoms with Gasteiger partial charge >= 0.3 is 5.97 Å². The van der Waals surface area contributed by atoms with Crippen LogP contribution < -0.4 is 4.90 Å². The van der Waals surface area contributed by atoms with E-state index in [1.165, 1.54) is 18.2 Å². The number of carbonyl (C=O) groups is 1. The molecule has 1 aromatic rings. The van der Waals surface area contributed by atoms with E-state index >= 15 is 0 Å². The van der Waals surface area contributed by atoms with E-state index in [-0.39, 0.29) is 17.3 Å². The lowest BCUT2D eigenvalue weighted by Gasteiger charge is -2.29. The normalized spacial score (nSPS) is 10.4. The lowest BCUT2D eigenvalue weighted by atomic mass is 10.1. The predicted octanol–water partition coefficient (Wildman–Crippen LogP) is 2.92. The molecule has 1 aromatic carbocycles. The van der Waals surface area contributed by atoms with E-state index in [0.717, 1.165) is 0 Å². The van der Waals surface area contributed by atoms with Crippen molar-refractivity contribution in [1.29, 1.82) is 0 Å². The van der Waals surface area contributed by atoms with Gasteiger partial charge in [-0.1, -0.05) is 12.1 Å². The number of rotatable bonds is 5. The highest BCUT2D eigenvalue weighted by molar-refractivity contribution is 5.94. The van der Waals surface area contributed by atoms with Gasteiger partial charge in [0.25, 0.3) is 0 Å². The van der Waals surface area contributed by atoms with Crippen molar-refractivity contribution >= 4 is 11.7 Å². The Morgan fingerprint density at radius 2 is 2.24 bits per heavy atom. The van der Waals surface area contributed by atoms with Gasteiger partial charge in [0.05, 0.1) is 11.3 Å². The van der Waals surface area contributed by atoms with Crippen LogP contribution >= 0.6 is 0 Å². The summed E-state index contributed by atoms with van der Waals surface area (Å²) in [5.74, 6) is -1.66. The fraction of sp³-hybridized carbons (Fsp3) is 0.308. The number of halogens is 1. The highest BCUT2D eigenvalue weighted by Crippen LogP contribution is 2.26. The molecule has 0 saturated heterocycles. The minimum Gasteiger partial charge on any atom is -0.478 e. The molecule has 1 rings (SSSR count). The smallest absolute Gasteiger partial charge is 0.337 e. The van der Waals surface area contributed by atoms with Gasteiger partial charge in [-0.15, -0.1) is 6.58 Å². The Kier molecular flexibility index (Phi) is 4.26. The molecule has 0 bridgehead atoms. The first-order valence-corrected chi connectivity index (χ1v) is 5.38. The van der Waals surface area contributed by atoms with Crippen molar-refractivity contribution in [3.63, 3.8) is 0 Å². The van der Waals surface area contributed by atoms with Crippen molar-refractivity contribution < 1.29 is 14.3 Å². The summed E-state index contributed by atoms with van der Waals surface area (Å²) in [4.78, 5) is 12.8. The molecule has 0 saturated carbocycles. The molecule has 4 heteroatoms. The standard InChI is InChI=1S/C13H16FNO2/c1-4-8-15(9(2)3)12-10(13(16)17)6-5-7-11(12)14/h4-7,9H,1,8H2,2-3H3,(H,16,17). The number of hydrogen-bond acceptors (Lipinski definition) is 2. The Bertz CT molecular complexity index is 429. The molecule has 92 valence electrons. The second-order valence-electron chi connectivity index (χ2n) is 3.98. The lowest BCUT2D eigenvalue weighted by molar-refractivity contribution is 0.0697. The van der Waals surface area contributed by atoms with Gasteiger partial charge in [0.2, 0.25) is 0 Å². The SMILES string of the molecule is C=CCN(c1c(F)cccc1C(=O)O)C(C)C. The molecule has 0 aromatic heterocycles. The molecular formula is C13H16FNO2. The zero-order chi connectivity index (χ0) is 13.0. The van der Waals surface area contributed by atoms with E-state index < -0.39 is 11.8 Å². The van der Waals surface area contributed by atoms with Gasteiger partial charge in [0.15, 0.2) is 0 Å². The van der Waals surface area contributed by atoms with Crippen LogP contribution in [-0.2, 0) is 0 Å². The van der Waals surface area contributed by atoms with Crippen molar-refractivity contribution in [2.45, 2.75) is 19.9 Å². The van der Waals surface area contributed by atoms with E-state index in [1.807, 2.05) is 13.8 Å². The maximum absolute atomic E-state index is 13.8. The molecule has 0 aliphatic carbocycles. The van der Waals surface area contributed by atoms with Crippen molar-refractivity contribution in [2.24, 2.45) is 0 Å². The number of nitrogens with zero attached hydrogens (tertiary/aromatic N) is 1. The molecule has 0 fully saturated rings. The van der Waals surface area contributed by atoms with Crippen LogP contribution in [0, 0.1) is 5.82 Å². The number of carboxylic acids is 1. The quantitative estimate of drug-likeness (QED) is 0.800. The maximum Gasteiger partial charge on any atom is 0.337 e. The summed E-state index contributed by atoms with van der Waals surface area (Å²) in [6.45, 7) is 7.76. The average Bonchev–Trinajstić information content (AvgIpc) is 2.25. The third-order valence-corrected chi connectivity index (χ3v) is 2.45. The second-order valence-corrected chi connectivity index (χ2v) is 3.98. The first kappa shape index (κ1) is 13.2. The molecule has 0 heterocycles. The van der Waals surface area contributed by atoms with Crippen molar-refractivity contribution in [2.75, 3.05) is 11.4 Å². The number of anilines is 1. The zero-order valence-electron chi connectivity index (χ0n) is 9.98. The van der Waals surface area contributed by atoms with E-state index in [1.54, 1.807) is 11.0 Å². The van der Waals surface area contributed by atoms with Gasteiger partial charge < -0.3 is 10.0 Å². The van der Waals surface area contributed by atoms with E-state index in [9.17, 15) is 9.18 Å². The van der Waals surface area contributed by atoms with Gasteiger partial charge in [0.1, 0.15) is 5.82 Å². The molecule has 0 aliphatic rings. The Morgan fingerprint density at radius 1 is 1.59 bits per heavy atom. The Morgan fingerprint density at radius 3 is 2.71 bits per heavy atom. The lowest BCUT2D eigenvalue weighted by Crippen LogP contribution is -2.33. The Labute approximate surface area is 100 Å². The molecule has 1 N–H and O–H groups in total. The summed E-state index contributed by atoms with van der Waals surface area (Å²) in [5.41, 5.74) is 0.0930. The molecule has 0 amide bonds. The third-order valence-electron chi connectivity index (χ3n) is 2.45. The molecule has 0 aliphatic heterocycles. The van der Waals surface area contributed by atoms with Gasteiger partial charge in [-0.05, 0) is 26.0 Å². The summed E-state index contributed by atoms with van der Waals surface area (Å²) >= 11 is 0. The number of aromatic carboxylic acids is 1. The zero-order valence-corrected chi connectivity index (χ0v) is 9.98. The van der Waals surface area contributed by atoms with Crippen molar-refractivity contribution in [1.82, 2.24) is 0 Å². The van der Waals surface area contributed by atoms with Crippen LogP contribution in [0.5, 0.6) is 0 Å². The van der Waals surface area contributed by atoms with Gasteiger partial charge in [-0.2, -0.15) is 0 Å². The minimum absolute atomic E-state index is 0.0111. The first-order valence-electron chi connectivity index (χ1n) is 5.38. The average molecular weight is 237 g/mol. The Hall–Kier alpha value is -1.84. The van der Waals surface area contributed by atoms with Crippen LogP contribution in [-0.4, -0.2) is 23.7 Å². The number of carboxylic acid groups (broad SMARTS) is 1. The molecule has 0 unspecified atom stereocenters. The largest absolute Gasteiger partial charge is 0.478 e. The number of para-hydroxylation sites is 1. The predicted molar refractivity (Wildman–Crippen MR) is 66.0 cm³/mol. The van der Waals surface area contributed by atoms with Crippen molar-refractivity contribution in [3.05, 3.63) is 42.2 Å². The van der Waals surface area contributed by atoms with Crippen LogP contribution in [0.4, 0.5) is 10.1 Å². The van der Waals surface area contributed by atoms with Crippen LogP contribution in [0.25, 0.3) is 0 Å². The molecule has 0 radical (unpaired) electrons. The maximum atomic E-state index is 13.8. The second kappa shape index (κ2) is 5.48. The Balaban J connectivity index is 3.34. The highest BCUT2D eigenvalue weighted by Gasteiger charge is 2.21. The molecule has 17 heavy (non-hydrogen) atoms. The highest BCUT2D eigenvalue weighted by atomic mass is 19.1. The molecular weight excluding hydrogens is 221 g/mol. The molecule has 0 spiro atoms. The fourth-order valence-electron chi connectivity index (χ4n) is 1.68. The first-order chi connectivity index (χ1) is 7.99. The van der Waals surface area contributed by atoms with Crippen LogP contribution in [0.2, 0.25) is 0 Å². The van der Waals surface area contributed by atoms with Crippen LogP contribution in [0.1, 0.15) is 24.2 Å². The van der Waals surface area contributed by atoms with Crippen LogP contribution in [0.15, 0.2) is 30.9 Å². The summed E-state index contributed by atoms with van der Waals surface area (Å²) in [6.07, 6.45) is 1.62. The van der Waals surface area contributed by atoms with Crippen LogP contribution in [0.3, 0.4) is 0 Å². The number of hydrogen-bond donors (Lipinski definition) is 1. The summed E-state index contributed by atoms with van der Waals surface area (Å²) in [7, 11) is 0. The summed E-state index contributed by atoms with van der Waals surface area (Å²) in [6, 6.07) is 4.05. The summed E-state index contributed by atoms with van der Waals surface area (Å²) < 4.78 is 13.8. The number of benzene rings is 1. The summed E-state index contributed by atoms with van der Waals surface area (Å²) in [5, 5.41) is 9.07. The molecule has 3 nitrogen and oxygen atoms in total. The van der Waals surface area contributed by atoms with Gasteiger partial charge in [-0.3, -0.25) is 0 Å². The minimum atomic E-state index is -1.13. The van der Waals surface area contributed by atoms with Gasteiger partial charge in [0, 0.05) is 12.6 Å². The third kappa shape index (κ3) is 2.84. The van der Waals surface area contributed by atoms with Gasteiger partial charge in [-0.25, -0.2) is 9.18 Å². The topological polar surface area (TPSA) is 40.5 Å². The van der Waals surface area contributed by atoms with Crippen molar-refractivity contribution in [3.8, 4) is 0 Å². The van der Waals surface area contributed by atoms with E-state index in [2.05, 4.69) is 6.58 Å². The fourth-order valence-corrected chi connectivity index (χ4v) is 1.68. The molecule has 0 atom stereocenters.